The summed E-state index contributed by atoms with van der Waals surface area (Å²) in [4.78, 5) is 16.6. The number of hydrogen-bond acceptors (Lipinski definition) is 4. The van der Waals surface area contributed by atoms with Gasteiger partial charge in [0.25, 0.3) is 5.91 Å². The Morgan fingerprint density at radius 1 is 1.27 bits per heavy atom. The molecule has 3 heterocycles. The zero-order chi connectivity index (χ0) is 15.1. The van der Waals surface area contributed by atoms with Gasteiger partial charge in [0.2, 0.25) is 0 Å². The summed E-state index contributed by atoms with van der Waals surface area (Å²) in [6.45, 7) is 3.29. The minimum Gasteiger partial charge on any atom is -0.508 e. The Bertz CT molecular complexity index is 712. The van der Waals surface area contributed by atoms with E-state index in [2.05, 4.69) is 10.2 Å². The summed E-state index contributed by atoms with van der Waals surface area (Å²) < 4.78 is 0. The van der Waals surface area contributed by atoms with E-state index in [0.29, 0.717) is 12.0 Å². The van der Waals surface area contributed by atoms with Gasteiger partial charge in [-0.15, -0.1) is 11.3 Å². The van der Waals surface area contributed by atoms with Crippen molar-refractivity contribution in [1.82, 2.24) is 10.2 Å². The van der Waals surface area contributed by atoms with Crippen LogP contribution in [-0.4, -0.2) is 41.6 Å². The number of carbonyl (C=O) groups excluding carboxylic acids is 1. The molecule has 2 bridgehead atoms. The molecule has 0 aliphatic carbocycles. The molecule has 2 fully saturated rings. The SMILES string of the molecule is O=C(NC1CN2CCC1C2)c1ccc(-c2cccc(O)c2)s1. The Balaban J connectivity index is 1.48. The van der Waals surface area contributed by atoms with Crippen molar-refractivity contribution >= 4 is 17.2 Å². The van der Waals surface area contributed by atoms with E-state index < -0.39 is 0 Å². The Labute approximate surface area is 133 Å². The molecule has 1 amide bonds. The van der Waals surface area contributed by atoms with Crippen molar-refractivity contribution in [2.75, 3.05) is 19.6 Å². The van der Waals surface area contributed by atoms with Gasteiger partial charge in [0.05, 0.1) is 4.88 Å². The number of hydrogen-bond donors (Lipinski definition) is 2. The maximum atomic E-state index is 12.4. The first kappa shape index (κ1) is 13.8. The summed E-state index contributed by atoms with van der Waals surface area (Å²) in [5, 5.41) is 12.7. The zero-order valence-corrected chi connectivity index (χ0v) is 13.0. The molecule has 1 aromatic heterocycles. The van der Waals surface area contributed by atoms with Gasteiger partial charge < -0.3 is 15.3 Å². The average molecular weight is 314 g/mol. The van der Waals surface area contributed by atoms with Crippen LogP contribution < -0.4 is 5.32 Å². The molecule has 2 aliphatic heterocycles. The highest BCUT2D eigenvalue weighted by Gasteiger charge is 2.38. The van der Waals surface area contributed by atoms with E-state index in [0.717, 1.165) is 28.4 Å². The fraction of sp³-hybridized carbons (Fsp3) is 0.353. The zero-order valence-electron chi connectivity index (χ0n) is 12.2. The van der Waals surface area contributed by atoms with Crippen molar-refractivity contribution in [2.24, 2.45) is 5.92 Å². The standard InChI is InChI=1S/C17H18N2O2S/c20-13-3-1-2-11(8-13)15-4-5-16(22-15)17(21)18-14-10-19-7-6-12(14)9-19/h1-5,8,12,14,20H,6-7,9-10H2,(H,18,21). The second-order valence-electron chi connectivity index (χ2n) is 6.10. The van der Waals surface area contributed by atoms with E-state index in [-0.39, 0.29) is 11.7 Å². The topological polar surface area (TPSA) is 52.6 Å². The fourth-order valence-corrected chi connectivity index (χ4v) is 4.37. The summed E-state index contributed by atoms with van der Waals surface area (Å²) in [5.74, 6) is 0.887. The molecule has 1 aromatic carbocycles. The summed E-state index contributed by atoms with van der Waals surface area (Å²) in [6.07, 6.45) is 1.20. The van der Waals surface area contributed by atoms with Gasteiger partial charge in [-0.3, -0.25) is 4.79 Å². The van der Waals surface area contributed by atoms with Gasteiger partial charge in [0.15, 0.2) is 0 Å². The lowest BCUT2D eigenvalue weighted by Crippen LogP contribution is -2.42. The molecule has 2 N–H and O–H groups in total. The van der Waals surface area contributed by atoms with Crippen molar-refractivity contribution in [2.45, 2.75) is 12.5 Å². The van der Waals surface area contributed by atoms with E-state index in [1.165, 1.54) is 24.3 Å². The molecule has 0 saturated carbocycles. The van der Waals surface area contributed by atoms with Crippen LogP contribution in [0.3, 0.4) is 0 Å². The first-order valence-corrected chi connectivity index (χ1v) is 8.43. The van der Waals surface area contributed by atoms with Crippen LogP contribution >= 0.6 is 11.3 Å². The van der Waals surface area contributed by atoms with Gasteiger partial charge in [-0.2, -0.15) is 0 Å². The maximum Gasteiger partial charge on any atom is 0.261 e. The van der Waals surface area contributed by atoms with E-state index >= 15 is 0 Å². The molecule has 3 unspecified atom stereocenters. The fourth-order valence-electron chi connectivity index (χ4n) is 3.46. The van der Waals surface area contributed by atoms with Crippen LogP contribution in [0.25, 0.3) is 10.4 Å². The molecule has 0 radical (unpaired) electrons. The lowest BCUT2D eigenvalue weighted by molar-refractivity contribution is 0.0928. The summed E-state index contributed by atoms with van der Waals surface area (Å²) in [6, 6.07) is 11.2. The largest absolute Gasteiger partial charge is 0.508 e. The van der Waals surface area contributed by atoms with Crippen molar-refractivity contribution in [1.29, 1.82) is 0 Å². The lowest BCUT2D eigenvalue weighted by Gasteiger charge is -2.22. The second-order valence-corrected chi connectivity index (χ2v) is 7.19. The predicted octanol–water partition coefficient (Wildman–Crippen LogP) is 2.55. The minimum atomic E-state index is 0.0233. The molecule has 5 heteroatoms. The van der Waals surface area contributed by atoms with E-state index in [1.54, 1.807) is 12.1 Å². The molecule has 4 nitrogen and oxygen atoms in total. The van der Waals surface area contributed by atoms with Crippen LogP contribution in [0, 0.1) is 5.92 Å². The monoisotopic (exact) mass is 314 g/mol. The summed E-state index contributed by atoms with van der Waals surface area (Å²) in [7, 11) is 0. The van der Waals surface area contributed by atoms with Crippen molar-refractivity contribution in [3.05, 3.63) is 41.3 Å². The van der Waals surface area contributed by atoms with Gasteiger partial charge in [0.1, 0.15) is 5.75 Å². The lowest BCUT2D eigenvalue weighted by atomic mass is 10.00. The molecule has 3 atom stereocenters. The van der Waals surface area contributed by atoms with E-state index in [1.807, 2.05) is 24.3 Å². The highest BCUT2D eigenvalue weighted by molar-refractivity contribution is 7.17. The highest BCUT2D eigenvalue weighted by atomic mass is 32.1. The molecule has 2 saturated heterocycles. The number of nitrogens with zero attached hydrogens (tertiary/aromatic N) is 1. The number of carbonyl (C=O) groups is 1. The number of phenolic OH excluding ortho intramolecular Hbond substituents is 1. The van der Waals surface area contributed by atoms with Crippen LogP contribution in [0.2, 0.25) is 0 Å². The number of aromatic hydroxyl groups is 1. The number of amides is 1. The predicted molar refractivity (Wildman–Crippen MR) is 87.2 cm³/mol. The third kappa shape index (κ3) is 2.51. The Morgan fingerprint density at radius 3 is 2.91 bits per heavy atom. The molecule has 4 rings (SSSR count). The molecule has 22 heavy (non-hydrogen) atoms. The Hall–Kier alpha value is -1.85. The van der Waals surface area contributed by atoms with Gasteiger partial charge >= 0.3 is 0 Å². The molecule has 2 aromatic rings. The normalized spacial score (nSPS) is 26.3. The van der Waals surface area contributed by atoms with Crippen molar-refractivity contribution in [3.63, 3.8) is 0 Å². The van der Waals surface area contributed by atoms with Crippen molar-refractivity contribution in [3.8, 4) is 16.2 Å². The first-order valence-electron chi connectivity index (χ1n) is 7.61. The highest BCUT2D eigenvalue weighted by Crippen LogP contribution is 2.31. The molecule has 0 spiro atoms. The van der Waals surface area contributed by atoms with Crippen LogP contribution in [0.15, 0.2) is 36.4 Å². The number of nitrogens with one attached hydrogen (secondary N) is 1. The third-order valence-corrected chi connectivity index (χ3v) is 5.74. The number of fused-ring (bicyclic) bond motifs is 2. The number of rotatable bonds is 3. The summed E-state index contributed by atoms with van der Waals surface area (Å²) >= 11 is 1.47. The average Bonchev–Trinajstić information content (AvgIpc) is 3.23. The van der Waals surface area contributed by atoms with Crippen LogP contribution in [0.5, 0.6) is 5.75 Å². The van der Waals surface area contributed by atoms with Gasteiger partial charge in [-0.1, -0.05) is 12.1 Å². The van der Waals surface area contributed by atoms with Crippen LogP contribution in [0.4, 0.5) is 0 Å². The number of piperidine rings is 1. The van der Waals surface area contributed by atoms with Crippen LogP contribution in [0.1, 0.15) is 16.1 Å². The third-order valence-electron chi connectivity index (χ3n) is 4.61. The Morgan fingerprint density at radius 2 is 2.18 bits per heavy atom. The smallest absolute Gasteiger partial charge is 0.261 e. The van der Waals surface area contributed by atoms with Gasteiger partial charge in [-0.05, 0) is 48.7 Å². The van der Waals surface area contributed by atoms with E-state index in [9.17, 15) is 9.90 Å². The van der Waals surface area contributed by atoms with Crippen LogP contribution in [-0.2, 0) is 0 Å². The number of phenols is 1. The minimum absolute atomic E-state index is 0.0233. The maximum absolute atomic E-state index is 12.4. The number of thiophene rings is 1. The molecular weight excluding hydrogens is 296 g/mol. The van der Waals surface area contributed by atoms with Crippen molar-refractivity contribution < 1.29 is 9.90 Å². The molecule has 114 valence electrons. The molecule has 2 aliphatic rings. The second kappa shape index (κ2) is 5.41. The Kier molecular flexibility index (Phi) is 3.39. The molecular formula is C17H18N2O2S. The van der Waals surface area contributed by atoms with E-state index in [4.69, 9.17) is 0 Å². The summed E-state index contributed by atoms with van der Waals surface area (Å²) in [5.41, 5.74) is 0.940. The quantitative estimate of drug-likeness (QED) is 0.915. The number of benzene rings is 1. The van der Waals surface area contributed by atoms with Gasteiger partial charge in [0, 0.05) is 24.0 Å². The first-order chi connectivity index (χ1) is 10.7. The van der Waals surface area contributed by atoms with Gasteiger partial charge in [-0.25, -0.2) is 0 Å².